The van der Waals surface area contributed by atoms with E-state index in [1.54, 1.807) is 0 Å². The van der Waals surface area contributed by atoms with E-state index >= 15 is 0 Å². The van der Waals surface area contributed by atoms with E-state index < -0.39 is 0 Å². The molecule has 0 aliphatic rings. The van der Waals surface area contributed by atoms with Gasteiger partial charge < -0.3 is 5.32 Å². The van der Waals surface area contributed by atoms with Crippen LogP contribution in [0.5, 0.6) is 0 Å². The highest BCUT2D eigenvalue weighted by atomic mass is 14.8. The van der Waals surface area contributed by atoms with E-state index in [1.807, 2.05) is 0 Å². The zero-order valence-electron chi connectivity index (χ0n) is 12.8. The summed E-state index contributed by atoms with van der Waals surface area (Å²) in [5.41, 5.74) is 4.76. The summed E-state index contributed by atoms with van der Waals surface area (Å²) in [5.74, 6) is 0. The molecule has 0 heterocycles. The molecule has 18 heavy (non-hydrogen) atoms. The lowest BCUT2D eigenvalue weighted by atomic mass is 9.82. The van der Waals surface area contributed by atoms with Crippen molar-refractivity contribution in [3.63, 3.8) is 0 Å². The fourth-order valence-electron chi connectivity index (χ4n) is 2.27. The quantitative estimate of drug-likeness (QED) is 0.710. The molecule has 0 aliphatic heterocycles. The van der Waals surface area contributed by atoms with Crippen LogP contribution in [0.3, 0.4) is 0 Å². The number of benzene rings is 1. The molecule has 0 spiro atoms. The van der Waals surface area contributed by atoms with Crippen LogP contribution in [0.15, 0.2) is 18.2 Å². The number of nitrogens with one attached hydrogen (secondary N) is 1. The minimum absolute atomic E-state index is 0.429. The maximum Gasteiger partial charge on any atom is -0.00439 e. The summed E-state index contributed by atoms with van der Waals surface area (Å²) in [7, 11) is 0. The molecule has 0 saturated carbocycles. The van der Waals surface area contributed by atoms with Gasteiger partial charge in [0.2, 0.25) is 0 Å². The molecule has 0 fully saturated rings. The highest BCUT2D eigenvalue weighted by molar-refractivity contribution is 5.30. The SMILES string of the molecule is CCNCCC(C)(C)CCc1cc(C)ccc1C. The number of hydrogen-bond acceptors (Lipinski definition) is 1. The molecule has 0 atom stereocenters. The van der Waals surface area contributed by atoms with E-state index in [9.17, 15) is 0 Å². The molecule has 1 aromatic carbocycles. The van der Waals surface area contributed by atoms with Gasteiger partial charge in [0.1, 0.15) is 0 Å². The van der Waals surface area contributed by atoms with Crippen molar-refractivity contribution < 1.29 is 0 Å². The van der Waals surface area contributed by atoms with E-state index in [0.29, 0.717) is 5.41 Å². The Morgan fingerprint density at radius 2 is 1.83 bits per heavy atom. The first kappa shape index (κ1) is 15.2. The lowest BCUT2D eigenvalue weighted by molar-refractivity contribution is 0.303. The standard InChI is InChI=1S/C17H29N/c1-6-18-12-11-17(4,5)10-9-16-13-14(2)7-8-15(16)3/h7-8,13,18H,6,9-12H2,1-5H3. The van der Waals surface area contributed by atoms with Crippen molar-refractivity contribution in [3.05, 3.63) is 34.9 Å². The van der Waals surface area contributed by atoms with Gasteiger partial charge >= 0.3 is 0 Å². The van der Waals surface area contributed by atoms with Crippen molar-refractivity contribution in [1.82, 2.24) is 5.32 Å². The third kappa shape index (κ3) is 5.22. The molecule has 0 unspecified atom stereocenters. The fourth-order valence-corrected chi connectivity index (χ4v) is 2.27. The van der Waals surface area contributed by atoms with Crippen LogP contribution >= 0.6 is 0 Å². The zero-order chi connectivity index (χ0) is 13.6. The molecule has 1 heteroatoms. The van der Waals surface area contributed by atoms with Crippen molar-refractivity contribution in [2.45, 2.75) is 53.9 Å². The molecule has 0 amide bonds. The van der Waals surface area contributed by atoms with Crippen LogP contribution in [0.1, 0.15) is 50.3 Å². The summed E-state index contributed by atoms with van der Waals surface area (Å²) < 4.78 is 0. The van der Waals surface area contributed by atoms with Gasteiger partial charge in [0.15, 0.2) is 0 Å². The number of hydrogen-bond donors (Lipinski definition) is 1. The molecule has 0 bridgehead atoms. The minimum Gasteiger partial charge on any atom is -0.317 e. The van der Waals surface area contributed by atoms with E-state index in [1.165, 1.54) is 36.0 Å². The fraction of sp³-hybridized carbons (Fsp3) is 0.647. The maximum absolute atomic E-state index is 3.42. The van der Waals surface area contributed by atoms with Crippen LogP contribution in [-0.2, 0) is 6.42 Å². The van der Waals surface area contributed by atoms with E-state index in [4.69, 9.17) is 0 Å². The summed E-state index contributed by atoms with van der Waals surface area (Å²) in [6.45, 7) is 13.6. The lowest BCUT2D eigenvalue weighted by Gasteiger charge is -2.25. The summed E-state index contributed by atoms with van der Waals surface area (Å²) in [5, 5.41) is 3.42. The highest BCUT2D eigenvalue weighted by Gasteiger charge is 2.17. The minimum atomic E-state index is 0.429. The van der Waals surface area contributed by atoms with E-state index in [0.717, 1.165) is 13.1 Å². The Morgan fingerprint density at radius 3 is 2.50 bits per heavy atom. The highest BCUT2D eigenvalue weighted by Crippen LogP contribution is 2.27. The summed E-state index contributed by atoms with van der Waals surface area (Å²) in [6.07, 6.45) is 3.72. The third-order valence-electron chi connectivity index (χ3n) is 3.80. The normalized spacial score (nSPS) is 11.8. The van der Waals surface area contributed by atoms with Crippen LogP contribution in [0, 0.1) is 19.3 Å². The Hall–Kier alpha value is -0.820. The second-order valence-corrected chi connectivity index (χ2v) is 6.20. The Labute approximate surface area is 113 Å². The predicted octanol–water partition coefficient (Wildman–Crippen LogP) is 4.26. The second-order valence-electron chi connectivity index (χ2n) is 6.20. The largest absolute Gasteiger partial charge is 0.317 e. The van der Waals surface area contributed by atoms with Gasteiger partial charge in [0.25, 0.3) is 0 Å². The summed E-state index contributed by atoms with van der Waals surface area (Å²) in [6, 6.07) is 6.79. The third-order valence-corrected chi connectivity index (χ3v) is 3.80. The van der Waals surface area contributed by atoms with Crippen LogP contribution in [0.4, 0.5) is 0 Å². The van der Waals surface area contributed by atoms with Gasteiger partial charge in [-0.1, -0.05) is 44.5 Å². The van der Waals surface area contributed by atoms with Gasteiger partial charge in [-0.05, 0) is 62.7 Å². The average Bonchev–Trinajstić information content (AvgIpc) is 2.31. The molecule has 0 aliphatic carbocycles. The summed E-state index contributed by atoms with van der Waals surface area (Å²) >= 11 is 0. The van der Waals surface area contributed by atoms with E-state index in [-0.39, 0.29) is 0 Å². The van der Waals surface area contributed by atoms with Gasteiger partial charge in [-0.25, -0.2) is 0 Å². The first-order valence-corrected chi connectivity index (χ1v) is 7.21. The Kier molecular flexibility index (Phi) is 5.87. The molecule has 1 rings (SSSR count). The molecular formula is C17H29N. The molecular weight excluding hydrogens is 218 g/mol. The molecule has 0 saturated heterocycles. The van der Waals surface area contributed by atoms with Gasteiger partial charge in [-0.2, -0.15) is 0 Å². The van der Waals surface area contributed by atoms with Crippen molar-refractivity contribution in [1.29, 1.82) is 0 Å². The molecule has 0 aromatic heterocycles. The topological polar surface area (TPSA) is 12.0 Å². The van der Waals surface area contributed by atoms with Gasteiger partial charge in [-0.3, -0.25) is 0 Å². The van der Waals surface area contributed by atoms with Crippen LogP contribution in [0.2, 0.25) is 0 Å². The van der Waals surface area contributed by atoms with Crippen LogP contribution in [-0.4, -0.2) is 13.1 Å². The van der Waals surface area contributed by atoms with Crippen molar-refractivity contribution >= 4 is 0 Å². The monoisotopic (exact) mass is 247 g/mol. The molecule has 1 N–H and O–H groups in total. The van der Waals surface area contributed by atoms with Gasteiger partial charge in [-0.15, -0.1) is 0 Å². The zero-order valence-corrected chi connectivity index (χ0v) is 12.8. The lowest BCUT2D eigenvalue weighted by Crippen LogP contribution is -2.22. The number of aryl methyl sites for hydroxylation is 3. The van der Waals surface area contributed by atoms with Crippen LogP contribution in [0.25, 0.3) is 0 Å². The molecule has 102 valence electrons. The van der Waals surface area contributed by atoms with E-state index in [2.05, 4.69) is 58.1 Å². The molecule has 1 nitrogen and oxygen atoms in total. The Balaban J connectivity index is 2.50. The predicted molar refractivity (Wildman–Crippen MR) is 81.2 cm³/mol. The van der Waals surface area contributed by atoms with Gasteiger partial charge in [0, 0.05) is 0 Å². The first-order valence-electron chi connectivity index (χ1n) is 7.21. The smallest absolute Gasteiger partial charge is 0.00439 e. The first-order chi connectivity index (χ1) is 8.44. The van der Waals surface area contributed by atoms with Crippen molar-refractivity contribution in [3.8, 4) is 0 Å². The molecule has 0 radical (unpaired) electrons. The van der Waals surface area contributed by atoms with Crippen LogP contribution < -0.4 is 5.32 Å². The van der Waals surface area contributed by atoms with Crippen molar-refractivity contribution in [2.75, 3.05) is 13.1 Å². The average molecular weight is 247 g/mol. The summed E-state index contributed by atoms with van der Waals surface area (Å²) in [4.78, 5) is 0. The van der Waals surface area contributed by atoms with Crippen molar-refractivity contribution in [2.24, 2.45) is 5.41 Å². The Morgan fingerprint density at radius 1 is 1.11 bits per heavy atom. The van der Waals surface area contributed by atoms with Gasteiger partial charge in [0.05, 0.1) is 0 Å². The Bertz CT molecular complexity index is 366. The number of rotatable bonds is 7. The maximum atomic E-state index is 3.42. The molecule has 1 aromatic rings. The second kappa shape index (κ2) is 6.94.